The third-order valence-corrected chi connectivity index (χ3v) is 6.97. The van der Waals surface area contributed by atoms with Crippen LogP contribution in [0.2, 0.25) is 0 Å². The minimum Gasteiger partial charge on any atom is -0.376 e. The molecule has 2 aromatic rings. The lowest BCUT2D eigenvalue weighted by atomic mass is 10.2. The van der Waals surface area contributed by atoms with Crippen LogP contribution in [0.5, 0.6) is 0 Å². The number of thioether (sulfide) groups is 1. The van der Waals surface area contributed by atoms with Gasteiger partial charge in [-0.2, -0.15) is 0 Å². The molecule has 0 bridgehead atoms. The summed E-state index contributed by atoms with van der Waals surface area (Å²) in [5.41, 5.74) is 1.04. The van der Waals surface area contributed by atoms with Crippen LogP contribution in [0.25, 0.3) is 10.9 Å². The van der Waals surface area contributed by atoms with Crippen LogP contribution < -0.4 is 5.32 Å². The predicted octanol–water partition coefficient (Wildman–Crippen LogP) is 3.43. The number of nitrogens with zero attached hydrogens (tertiary/aromatic N) is 2. The molecule has 2 saturated heterocycles. The van der Waals surface area contributed by atoms with Gasteiger partial charge in [0, 0.05) is 48.2 Å². The Bertz CT molecular complexity index is 868. The first-order valence-electron chi connectivity index (χ1n) is 11.1. The van der Waals surface area contributed by atoms with Crippen LogP contribution in [0.3, 0.4) is 0 Å². The fourth-order valence-electron chi connectivity index (χ4n) is 4.25. The largest absolute Gasteiger partial charge is 0.376 e. The van der Waals surface area contributed by atoms with Crippen LogP contribution in [0.15, 0.2) is 35.4 Å². The number of carbonyl (C=O) groups excluding carboxylic acids is 2. The van der Waals surface area contributed by atoms with Crippen LogP contribution in [-0.2, 0) is 20.9 Å². The summed E-state index contributed by atoms with van der Waals surface area (Å²) >= 11 is 1.53. The average molecular weight is 430 g/mol. The van der Waals surface area contributed by atoms with E-state index >= 15 is 0 Å². The topological polar surface area (TPSA) is 63.6 Å². The van der Waals surface area contributed by atoms with Crippen molar-refractivity contribution >= 4 is 34.5 Å². The molecule has 2 fully saturated rings. The summed E-state index contributed by atoms with van der Waals surface area (Å²) in [5, 5.41) is 4.07. The summed E-state index contributed by atoms with van der Waals surface area (Å²) in [6.45, 7) is 3.47. The lowest BCUT2D eigenvalue weighted by Crippen LogP contribution is -2.34. The Morgan fingerprint density at radius 3 is 2.67 bits per heavy atom. The second-order valence-electron chi connectivity index (χ2n) is 8.16. The molecule has 0 saturated carbocycles. The molecule has 1 aromatic carbocycles. The summed E-state index contributed by atoms with van der Waals surface area (Å²) in [6.07, 6.45) is 8.90. The summed E-state index contributed by atoms with van der Waals surface area (Å²) in [5.74, 6) is 0.567. The van der Waals surface area contributed by atoms with Gasteiger partial charge in [-0.1, -0.05) is 31.0 Å². The number of likely N-dealkylation sites (tertiary alicyclic amines) is 1. The van der Waals surface area contributed by atoms with E-state index in [9.17, 15) is 9.59 Å². The van der Waals surface area contributed by atoms with E-state index in [4.69, 9.17) is 4.74 Å². The monoisotopic (exact) mass is 429 g/mol. The molecule has 2 aliphatic heterocycles. The lowest BCUT2D eigenvalue weighted by molar-refractivity contribution is -0.131. The van der Waals surface area contributed by atoms with Crippen LogP contribution in [0.4, 0.5) is 0 Å². The highest BCUT2D eigenvalue weighted by atomic mass is 32.2. The zero-order valence-electron chi connectivity index (χ0n) is 17.5. The summed E-state index contributed by atoms with van der Waals surface area (Å²) in [4.78, 5) is 28.2. The number of amides is 2. The van der Waals surface area contributed by atoms with E-state index in [0.29, 0.717) is 18.8 Å². The van der Waals surface area contributed by atoms with Crippen molar-refractivity contribution in [3.63, 3.8) is 0 Å². The third-order valence-electron chi connectivity index (χ3n) is 5.93. The van der Waals surface area contributed by atoms with Gasteiger partial charge in [0.25, 0.3) is 0 Å². The Kier molecular flexibility index (Phi) is 7.33. The SMILES string of the molecule is O=C(CSc1cn(CC(=O)N2CCCCCC2)c2ccccc12)NC[C@H]1CCCO1. The standard InChI is InChI=1S/C23H31N3O3S/c27-22(24-14-18-8-7-13-29-18)17-30-21-15-26(20-10-4-3-9-19(20)21)16-23(28)25-11-5-1-2-6-12-25/h3-4,9-10,15,18H,1-2,5-8,11-14,16-17H2,(H,24,27)/t18-/m1/s1. The van der Waals surface area contributed by atoms with E-state index in [1.165, 1.54) is 24.6 Å². The first kappa shape index (κ1) is 21.2. The van der Waals surface area contributed by atoms with Crippen LogP contribution in [0, 0.1) is 0 Å². The number of para-hydroxylation sites is 1. The van der Waals surface area contributed by atoms with E-state index in [0.717, 1.165) is 61.2 Å². The zero-order chi connectivity index (χ0) is 20.8. The molecule has 3 heterocycles. The van der Waals surface area contributed by atoms with Gasteiger partial charge in [0.1, 0.15) is 6.54 Å². The molecule has 2 aliphatic rings. The smallest absolute Gasteiger partial charge is 0.242 e. The maximum atomic E-state index is 12.9. The number of fused-ring (bicyclic) bond motifs is 1. The molecule has 1 N–H and O–H groups in total. The molecule has 7 heteroatoms. The van der Waals surface area contributed by atoms with Crippen molar-refractivity contribution in [2.45, 2.75) is 56.1 Å². The highest BCUT2D eigenvalue weighted by Crippen LogP contribution is 2.30. The molecule has 4 rings (SSSR count). The number of carbonyl (C=O) groups is 2. The van der Waals surface area contributed by atoms with Crippen LogP contribution in [-0.4, -0.2) is 59.4 Å². The van der Waals surface area contributed by atoms with Crippen molar-refractivity contribution < 1.29 is 14.3 Å². The van der Waals surface area contributed by atoms with Gasteiger partial charge in [0.15, 0.2) is 0 Å². The zero-order valence-corrected chi connectivity index (χ0v) is 18.3. The second kappa shape index (κ2) is 10.4. The number of hydrogen-bond donors (Lipinski definition) is 1. The van der Waals surface area contributed by atoms with Crippen molar-refractivity contribution in [2.24, 2.45) is 0 Å². The molecule has 6 nitrogen and oxygen atoms in total. The van der Waals surface area contributed by atoms with Gasteiger partial charge >= 0.3 is 0 Å². The normalized spacial score (nSPS) is 19.7. The first-order chi connectivity index (χ1) is 14.7. The van der Waals surface area contributed by atoms with Gasteiger partial charge in [-0.15, -0.1) is 11.8 Å². The van der Waals surface area contributed by atoms with Gasteiger partial charge in [-0.25, -0.2) is 0 Å². The number of aromatic nitrogens is 1. The highest BCUT2D eigenvalue weighted by molar-refractivity contribution is 8.00. The Labute approximate surface area is 182 Å². The van der Waals surface area contributed by atoms with Gasteiger partial charge < -0.3 is 19.5 Å². The van der Waals surface area contributed by atoms with Crippen molar-refractivity contribution in [1.82, 2.24) is 14.8 Å². The van der Waals surface area contributed by atoms with E-state index in [-0.39, 0.29) is 17.9 Å². The molecule has 0 radical (unpaired) electrons. The number of ether oxygens (including phenoxy) is 1. The fourth-order valence-corrected chi connectivity index (χ4v) is 5.17. The molecular formula is C23H31N3O3S. The quantitative estimate of drug-likeness (QED) is 0.685. The Balaban J connectivity index is 1.38. The molecule has 1 atom stereocenters. The molecule has 162 valence electrons. The maximum absolute atomic E-state index is 12.9. The molecule has 0 unspecified atom stereocenters. The third kappa shape index (κ3) is 5.38. The number of hydrogen-bond acceptors (Lipinski definition) is 4. The van der Waals surface area contributed by atoms with Gasteiger partial charge in [0.05, 0.1) is 11.9 Å². The number of nitrogens with one attached hydrogen (secondary N) is 1. The first-order valence-corrected chi connectivity index (χ1v) is 12.1. The Morgan fingerprint density at radius 2 is 1.90 bits per heavy atom. The summed E-state index contributed by atoms with van der Waals surface area (Å²) < 4.78 is 7.60. The van der Waals surface area contributed by atoms with Gasteiger partial charge in [-0.3, -0.25) is 9.59 Å². The molecule has 2 amide bonds. The van der Waals surface area contributed by atoms with E-state index in [2.05, 4.69) is 11.4 Å². The lowest BCUT2D eigenvalue weighted by Gasteiger charge is -2.20. The molecule has 0 spiro atoms. The molecule has 1 aromatic heterocycles. The van der Waals surface area contributed by atoms with Crippen molar-refractivity contribution in [2.75, 3.05) is 32.0 Å². The number of benzene rings is 1. The maximum Gasteiger partial charge on any atom is 0.242 e. The minimum atomic E-state index is 0.0213. The predicted molar refractivity (Wildman–Crippen MR) is 120 cm³/mol. The van der Waals surface area contributed by atoms with E-state index < -0.39 is 0 Å². The highest BCUT2D eigenvalue weighted by Gasteiger charge is 2.19. The average Bonchev–Trinajstić information content (AvgIpc) is 3.30. The molecule has 0 aliphatic carbocycles. The second-order valence-corrected chi connectivity index (χ2v) is 9.18. The minimum absolute atomic E-state index is 0.0213. The van der Waals surface area contributed by atoms with Crippen molar-refractivity contribution in [1.29, 1.82) is 0 Å². The van der Waals surface area contributed by atoms with Crippen LogP contribution in [0.1, 0.15) is 38.5 Å². The molecular weight excluding hydrogens is 398 g/mol. The summed E-state index contributed by atoms with van der Waals surface area (Å²) in [6, 6.07) is 8.12. The summed E-state index contributed by atoms with van der Waals surface area (Å²) in [7, 11) is 0. The van der Waals surface area contributed by atoms with E-state index in [1.807, 2.05) is 33.9 Å². The van der Waals surface area contributed by atoms with Gasteiger partial charge in [0.2, 0.25) is 11.8 Å². The van der Waals surface area contributed by atoms with Crippen LogP contribution >= 0.6 is 11.8 Å². The Morgan fingerprint density at radius 1 is 1.10 bits per heavy atom. The molecule has 30 heavy (non-hydrogen) atoms. The fraction of sp³-hybridized carbons (Fsp3) is 0.565. The van der Waals surface area contributed by atoms with E-state index in [1.54, 1.807) is 0 Å². The van der Waals surface area contributed by atoms with Crippen molar-refractivity contribution in [3.8, 4) is 0 Å². The number of rotatable bonds is 7. The van der Waals surface area contributed by atoms with Gasteiger partial charge in [-0.05, 0) is 31.7 Å². The van der Waals surface area contributed by atoms with Crippen molar-refractivity contribution in [3.05, 3.63) is 30.5 Å². The Hall–Kier alpha value is -1.99.